The number of carbonyl (C=O) groups excluding carboxylic acids is 1. The van der Waals surface area contributed by atoms with Gasteiger partial charge in [0.1, 0.15) is 5.78 Å². The predicted octanol–water partition coefficient (Wildman–Crippen LogP) is 3.62. The molecule has 1 aromatic carbocycles. The number of rotatable bonds is 6. The first-order chi connectivity index (χ1) is 8.74. The standard InChI is InChI=1S/C15H20O2S/c1-12-4-8-15(9-5-12)18-11-13(16)6-7-14-3-2-10-17-14/h4-5,8-9,14H,2-3,6-7,10-11H2,1H3. The van der Waals surface area contributed by atoms with Gasteiger partial charge in [0.25, 0.3) is 0 Å². The monoisotopic (exact) mass is 264 g/mol. The van der Waals surface area contributed by atoms with Gasteiger partial charge in [-0.25, -0.2) is 0 Å². The normalized spacial score (nSPS) is 19.1. The van der Waals surface area contributed by atoms with E-state index < -0.39 is 0 Å². The van der Waals surface area contributed by atoms with E-state index in [1.54, 1.807) is 11.8 Å². The van der Waals surface area contributed by atoms with Crippen LogP contribution in [0.4, 0.5) is 0 Å². The molecule has 2 nitrogen and oxygen atoms in total. The second-order valence-electron chi connectivity index (χ2n) is 4.81. The number of benzene rings is 1. The molecule has 0 radical (unpaired) electrons. The number of hydrogen-bond donors (Lipinski definition) is 0. The topological polar surface area (TPSA) is 26.3 Å². The van der Waals surface area contributed by atoms with Crippen LogP contribution in [-0.4, -0.2) is 24.2 Å². The zero-order chi connectivity index (χ0) is 12.8. The molecule has 3 heteroatoms. The minimum atomic E-state index is 0.330. The molecule has 1 aliphatic rings. The Labute approximate surface area is 113 Å². The zero-order valence-corrected chi connectivity index (χ0v) is 11.7. The lowest BCUT2D eigenvalue weighted by molar-refractivity contribution is -0.117. The van der Waals surface area contributed by atoms with Gasteiger partial charge in [0.15, 0.2) is 0 Å². The summed E-state index contributed by atoms with van der Waals surface area (Å²) in [4.78, 5) is 12.9. The third-order valence-electron chi connectivity index (χ3n) is 3.19. The molecule has 0 saturated carbocycles. The van der Waals surface area contributed by atoms with E-state index in [-0.39, 0.29) is 0 Å². The number of carbonyl (C=O) groups is 1. The molecule has 1 fully saturated rings. The highest BCUT2D eigenvalue weighted by Gasteiger charge is 2.16. The molecule has 0 bridgehead atoms. The lowest BCUT2D eigenvalue weighted by atomic mass is 10.1. The van der Waals surface area contributed by atoms with Crippen LogP contribution in [0.1, 0.15) is 31.2 Å². The van der Waals surface area contributed by atoms with Crippen molar-refractivity contribution in [3.05, 3.63) is 29.8 Å². The molecular formula is C15H20O2S. The van der Waals surface area contributed by atoms with Crippen LogP contribution in [0.3, 0.4) is 0 Å². The molecule has 1 unspecified atom stereocenters. The molecule has 98 valence electrons. The Hall–Kier alpha value is -0.800. The van der Waals surface area contributed by atoms with E-state index in [1.807, 2.05) is 0 Å². The maximum absolute atomic E-state index is 11.8. The third-order valence-corrected chi connectivity index (χ3v) is 4.26. The second kappa shape index (κ2) is 6.95. The summed E-state index contributed by atoms with van der Waals surface area (Å²) in [6.07, 6.45) is 4.16. The molecule has 1 aliphatic heterocycles. The van der Waals surface area contributed by atoms with Gasteiger partial charge < -0.3 is 4.74 Å². The van der Waals surface area contributed by atoms with Crippen molar-refractivity contribution in [3.8, 4) is 0 Å². The van der Waals surface area contributed by atoms with E-state index in [4.69, 9.17) is 4.74 Å². The Kier molecular flexibility index (Phi) is 5.26. The van der Waals surface area contributed by atoms with E-state index in [0.29, 0.717) is 24.1 Å². The molecule has 0 amide bonds. The Morgan fingerprint density at radius 3 is 2.83 bits per heavy atom. The van der Waals surface area contributed by atoms with Crippen LogP contribution in [0, 0.1) is 6.92 Å². The van der Waals surface area contributed by atoms with Gasteiger partial charge in [-0.15, -0.1) is 11.8 Å². The smallest absolute Gasteiger partial charge is 0.143 e. The van der Waals surface area contributed by atoms with Crippen molar-refractivity contribution in [2.24, 2.45) is 0 Å². The van der Waals surface area contributed by atoms with Crippen molar-refractivity contribution in [1.82, 2.24) is 0 Å². The average Bonchev–Trinajstić information content (AvgIpc) is 2.89. The Balaban J connectivity index is 1.66. The van der Waals surface area contributed by atoms with Gasteiger partial charge in [0.05, 0.1) is 11.9 Å². The first kappa shape index (κ1) is 13.6. The first-order valence-electron chi connectivity index (χ1n) is 6.57. The molecule has 18 heavy (non-hydrogen) atoms. The van der Waals surface area contributed by atoms with Gasteiger partial charge in [0.2, 0.25) is 0 Å². The molecule has 2 rings (SSSR count). The van der Waals surface area contributed by atoms with Gasteiger partial charge in [-0.2, -0.15) is 0 Å². The Morgan fingerprint density at radius 1 is 1.39 bits per heavy atom. The maximum atomic E-state index is 11.8. The second-order valence-corrected chi connectivity index (χ2v) is 5.86. The third kappa shape index (κ3) is 4.46. The largest absolute Gasteiger partial charge is 0.378 e. The Bertz CT molecular complexity index is 380. The minimum Gasteiger partial charge on any atom is -0.378 e. The van der Waals surface area contributed by atoms with E-state index in [2.05, 4.69) is 31.2 Å². The average molecular weight is 264 g/mol. The van der Waals surface area contributed by atoms with Crippen molar-refractivity contribution in [2.75, 3.05) is 12.4 Å². The maximum Gasteiger partial charge on any atom is 0.143 e. The molecule has 1 atom stereocenters. The lowest BCUT2D eigenvalue weighted by Crippen LogP contribution is -2.09. The number of ether oxygens (including phenoxy) is 1. The number of aryl methyl sites for hydroxylation is 1. The van der Waals surface area contributed by atoms with Crippen LogP contribution < -0.4 is 0 Å². The van der Waals surface area contributed by atoms with E-state index in [0.717, 1.165) is 25.9 Å². The molecule has 1 heterocycles. The highest BCUT2D eigenvalue weighted by atomic mass is 32.2. The van der Waals surface area contributed by atoms with Crippen LogP contribution in [0.15, 0.2) is 29.2 Å². The Morgan fingerprint density at radius 2 is 2.17 bits per heavy atom. The molecule has 0 N–H and O–H groups in total. The SMILES string of the molecule is Cc1ccc(SCC(=O)CCC2CCCO2)cc1. The fourth-order valence-electron chi connectivity index (χ4n) is 2.06. The van der Waals surface area contributed by atoms with Gasteiger partial charge in [-0.05, 0) is 38.3 Å². The number of thioether (sulfide) groups is 1. The summed E-state index contributed by atoms with van der Waals surface area (Å²) in [5, 5.41) is 0. The number of hydrogen-bond acceptors (Lipinski definition) is 3. The predicted molar refractivity (Wildman–Crippen MR) is 75.1 cm³/mol. The molecule has 0 aliphatic carbocycles. The summed E-state index contributed by atoms with van der Waals surface area (Å²) >= 11 is 1.63. The molecule has 0 aromatic heterocycles. The van der Waals surface area contributed by atoms with Gasteiger partial charge in [0, 0.05) is 17.9 Å². The van der Waals surface area contributed by atoms with Gasteiger partial charge >= 0.3 is 0 Å². The number of Topliss-reactive ketones (excluding diaryl/α,β-unsaturated/α-hetero) is 1. The summed E-state index contributed by atoms with van der Waals surface area (Å²) < 4.78 is 5.52. The van der Waals surface area contributed by atoms with Crippen molar-refractivity contribution in [1.29, 1.82) is 0 Å². The van der Waals surface area contributed by atoms with Crippen LogP contribution >= 0.6 is 11.8 Å². The molecule has 0 spiro atoms. The zero-order valence-electron chi connectivity index (χ0n) is 10.9. The van der Waals surface area contributed by atoms with E-state index in [9.17, 15) is 4.79 Å². The fourth-order valence-corrected chi connectivity index (χ4v) is 2.86. The quantitative estimate of drug-likeness (QED) is 0.734. The van der Waals surface area contributed by atoms with E-state index in [1.165, 1.54) is 10.5 Å². The van der Waals surface area contributed by atoms with Crippen molar-refractivity contribution >= 4 is 17.5 Å². The summed E-state index contributed by atoms with van der Waals surface area (Å²) in [5.41, 5.74) is 1.25. The molecular weight excluding hydrogens is 244 g/mol. The molecule has 1 saturated heterocycles. The summed E-state index contributed by atoms with van der Waals surface area (Å²) in [5.74, 6) is 0.909. The van der Waals surface area contributed by atoms with E-state index >= 15 is 0 Å². The molecule has 1 aromatic rings. The first-order valence-corrected chi connectivity index (χ1v) is 7.55. The highest BCUT2D eigenvalue weighted by Crippen LogP contribution is 2.21. The number of ketones is 1. The fraction of sp³-hybridized carbons (Fsp3) is 0.533. The lowest BCUT2D eigenvalue weighted by Gasteiger charge is -2.08. The van der Waals surface area contributed by atoms with Crippen molar-refractivity contribution in [2.45, 2.75) is 43.6 Å². The van der Waals surface area contributed by atoms with Crippen molar-refractivity contribution in [3.63, 3.8) is 0 Å². The summed E-state index contributed by atoms with van der Waals surface area (Å²) in [6.45, 7) is 2.94. The summed E-state index contributed by atoms with van der Waals surface area (Å²) in [6, 6.07) is 8.32. The van der Waals surface area contributed by atoms with Crippen LogP contribution in [-0.2, 0) is 9.53 Å². The van der Waals surface area contributed by atoms with Crippen LogP contribution in [0.5, 0.6) is 0 Å². The van der Waals surface area contributed by atoms with Gasteiger partial charge in [-0.1, -0.05) is 17.7 Å². The van der Waals surface area contributed by atoms with Crippen molar-refractivity contribution < 1.29 is 9.53 Å². The minimum absolute atomic E-state index is 0.330. The highest BCUT2D eigenvalue weighted by molar-refractivity contribution is 8.00. The summed E-state index contributed by atoms with van der Waals surface area (Å²) in [7, 11) is 0. The van der Waals surface area contributed by atoms with Crippen LogP contribution in [0.2, 0.25) is 0 Å². The van der Waals surface area contributed by atoms with Crippen LogP contribution in [0.25, 0.3) is 0 Å². The van der Waals surface area contributed by atoms with Gasteiger partial charge in [-0.3, -0.25) is 4.79 Å².